The molecule has 0 aliphatic carbocycles. The van der Waals surface area contributed by atoms with Gasteiger partial charge in [0.15, 0.2) is 0 Å². The van der Waals surface area contributed by atoms with Gasteiger partial charge < -0.3 is 0 Å². The molecule has 3 atom stereocenters. The van der Waals surface area contributed by atoms with Crippen molar-refractivity contribution in [3.8, 4) is 0 Å². The van der Waals surface area contributed by atoms with Gasteiger partial charge in [-0.2, -0.15) is 0 Å². The molecule has 3 unspecified atom stereocenters. The van der Waals surface area contributed by atoms with Gasteiger partial charge in [0.25, 0.3) is 0 Å². The Morgan fingerprint density at radius 2 is 0.673 bits per heavy atom. The molecule has 0 saturated heterocycles. The summed E-state index contributed by atoms with van der Waals surface area (Å²) in [7, 11) is -0.316. The molecule has 0 fully saturated rings. The summed E-state index contributed by atoms with van der Waals surface area (Å²) in [5.74, 6) is 0. The van der Waals surface area contributed by atoms with Crippen molar-refractivity contribution in [2.75, 3.05) is 37.0 Å². The van der Waals surface area contributed by atoms with Crippen molar-refractivity contribution in [2.24, 2.45) is 0 Å². The topological polar surface area (TPSA) is 0 Å². The van der Waals surface area contributed by atoms with Crippen molar-refractivity contribution < 1.29 is 0 Å². The lowest BCUT2D eigenvalue weighted by Gasteiger charge is -2.34. The highest BCUT2D eigenvalue weighted by molar-refractivity contribution is 7.84. The molecule has 0 aliphatic heterocycles. The van der Waals surface area contributed by atoms with Crippen molar-refractivity contribution in [2.45, 2.75) is 12.3 Å². The number of hydrogen-bond acceptors (Lipinski definition) is 0. The Bertz CT molecular complexity index is 1640. The first kappa shape index (κ1) is 36.3. The van der Waals surface area contributed by atoms with Gasteiger partial charge in [-0.15, -0.1) is 8.58 Å². The normalized spacial score (nSPS) is 13.0. The molecule has 0 heterocycles. The fourth-order valence-electron chi connectivity index (χ4n) is 6.42. The number of hydrogen-bond donors (Lipinski definition) is 0. The lowest BCUT2D eigenvalue weighted by atomic mass is 10.4. The molecule has 0 aromatic heterocycles. The van der Waals surface area contributed by atoms with E-state index in [1.54, 1.807) is 0 Å². The van der Waals surface area contributed by atoms with Crippen molar-refractivity contribution >= 4 is 72.1 Å². The zero-order chi connectivity index (χ0) is 33.5. The van der Waals surface area contributed by atoms with E-state index in [-0.39, 0.29) is 23.8 Å². The van der Waals surface area contributed by atoms with Crippen LogP contribution >= 0.6 is 40.3 Å². The Labute approximate surface area is 302 Å². The molecular formula is C44H47P5. The molecule has 0 nitrogen and oxygen atoms in total. The monoisotopic (exact) mass is 730 g/mol. The van der Waals surface area contributed by atoms with Crippen molar-refractivity contribution in [3.63, 3.8) is 0 Å². The Morgan fingerprint density at radius 1 is 0.367 bits per heavy atom. The molecule has 0 spiro atoms. The molecule has 6 aromatic carbocycles. The molecule has 49 heavy (non-hydrogen) atoms. The van der Waals surface area contributed by atoms with Crippen molar-refractivity contribution in [1.82, 2.24) is 0 Å². The van der Waals surface area contributed by atoms with E-state index in [4.69, 9.17) is 0 Å². The van der Waals surface area contributed by atoms with E-state index < -0.39 is 7.92 Å². The minimum absolute atomic E-state index is 0.184. The van der Waals surface area contributed by atoms with Crippen LogP contribution in [-0.2, 0) is 0 Å². The van der Waals surface area contributed by atoms with E-state index in [1.165, 1.54) is 68.8 Å². The van der Waals surface area contributed by atoms with Gasteiger partial charge in [-0.3, -0.25) is 0 Å². The number of rotatable bonds is 17. The summed E-state index contributed by atoms with van der Waals surface area (Å²) in [5, 5.41) is 9.75. The summed E-state index contributed by atoms with van der Waals surface area (Å²) < 4.78 is 0. The molecule has 0 radical (unpaired) electrons. The highest BCUT2D eigenvalue weighted by Crippen LogP contribution is 2.58. The van der Waals surface area contributed by atoms with E-state index in [9.17, 15) is 0 Å². The fraction of sp³-hybridized carbons (Fsp3) is 0.182. The smallest absolute Gasteiger partial charge is 0.00463 e. The van der Waals surface area contributed by atoms with Gasteiger partial charge in [-0.25, -0.2) is 0 Å². The SMILES string of the molecule is CC(P(CCPCCP(c1ccccc1)c1ccccc1)CCP(c1ccccc1)c1ccccc1)P(c1ccccc1)c1ccccc1. The van der Waals surface area contributed by atoms with Crippen LogP contribution in [0.5, 0.6) is 0 Å². The van der Waals surface area contributed by atoms with Gasteiger partial charge in [0.2, 0.25) is 0 Å². The third-order valence-corrected chi connectivity index (χ3v) is 23.2. The number of benzene rings is 6. The maximum atomic E-state index is 2.61. The molecule has 248 valence electrons. The Balaban J connectivity index is 1.21. The first-order valence-electron chi connectivity index (χ1n) is 17.4. The third-order valence-electron chi connectivity index (χ3n) is 8.94. The molecule has 0 N–H and O–H groups in total. The molecule has 0 aliphatic rings. The average molecular weight is 731 g/mol. The van der Waals surface area contributed by atoms with E-state index in [0.29, 0.717) is 5.40 Å². The second kappa shape index (κ2) is 19.8. The van der Waals surface area contributed by atoms with Crippen LogP contribution in [0.4, 0.5) is 0 Å². The summed E-state index contributed by atoms with van der Waals surface area (Å²) in [6.07, 6.45) is 7.92. The zero-order valence-electron chi connectivity index (χ0n) is 28.4. The van der Waals surface area contributed by atoms with Crippen LogP contribution in [0.15, 0.2) is 182 Å². The minimum atomic E-state index is -0.444. The Morgan fingerprint density at radius 3 is 1.04 bits per heavy atom. The maximum Gasteiger partial charge on any atom is 0.00463 e. The second-order valence-electron chi connectivity index (χ2n) is 12.1. The average Bonchev–Trinajstić information content (AvgIpc) is 3.18. The highest BCUT2D eigenvalue weighted by atomic mass is 31.2. The van der Waals surface area contributed by atoms with Crippen LogP contribution in [0.3, 0.4) is 0 Å². The van der Waals surface area contributed by atoms with Gasteiger partial charge in [-0.1, -0.05) is 197 Å². The first-order chi connectivity index (χ1) is 24.3. The van der Waals surface area contributed by atoms with Crippen LogP contribution in [-0.4, -0.2) is 42.4 Å². The van der Waals surface area contributed by atoms with Gasteiger partial charge in [0, 0.05) is 5.40 Å². The highest BCUT2D eigenvalue weighted by Gasteiger charge is 2.28. The van der Waals surface area contributed by atoms with E-state index in [1.807, 2.05) is 0 Å². The van der Waals surface area contributed by atoms with E-state index >= 15 is 0 Å². The molecule has 0 saturated carbocycles. The van der Waals surface area contributed by atoms with Gasteiger partial charge >= 0.3 is 0 Å². The van der Waals surface area contributed by atoms with E-state index in [0.717, 1.165) is 8.58 Å². The molecule has 0 amide bonds. The van der Waals surface area contributed by atoms with Crippen LogP contribution in [0.25, 0.3) is 0 Å². The summed E-state index contributed by atoms with van der Waals surface area (Å²) >= 11 is 0. The lowest BCUT2D eigenvalue weighted by molar-refractivity contribution is 1.29. The molecule has 6 aromatic rings. The molecule has 6 rings (SSSR count). The summed E-state index contributed by atoms with van der Waals surface area (Å²) in [5.41, 5.74) is 0. The first-order valence-corrected chi connectivity index (χ1v) is 25.0. The molecular weight excluding hydrogens is 683 g/mol. The standard InChI is InChI=1S/C44H47P5/c1-38(49(43-28-16-6-17-29-43)44-30-18-7-19-31-44)46(36-37-48(41-24-12-4-13-25-41)42-26-14-5-15-27-42)34-32-45-33-35-47(39-20-8-2-9-21-39)40-22-10-3-11-23-40/h2-31,38,45H,32-37H2,1H3. The maximum absolute atomic E-state index is 2.61. The summed E-state index contributed by atoms with van der Waals surface area (Å²) in [6.45, 7) is 2.61. The summed E-state index contributed by atoms with van der Waals surface area (Å²) in [4.78, 5) is 0. The zero-order valence-corrected chi connectivity index (χ0v) is 33.0. The van der Waals surface area contributed by atoms with Crippen molar-refractivity contribution in [1.29, 1.82) is 0 Å². The third kappa shape index (κ3) is 10.5. The van der Waals surface area contributed by atoms with Crippen molar-refractivity contribution in [3.05, 3.63) is 182 Å². The fourth-order valence-corrected chi connectivity index (χ4v) is 21.5. The lowest BCUT2D eigenvalue weighted by Crippen LogP contribution is -2.22. The second-order valence-corrected chi connectivity index (χ2v) is 24.1. The van der Waals surface area contributed by atoms with Crippen LogP contribution in [0, 0.1) is 0 Å². The molecule has 0 bridgehead atoms. The molecule has 5 heteroatoms. The van der Waals surface area contributed by atoms with Crippen LogP contribution in [0.1, 0.15) is 6.92 Å². The largest absolute Gasteiger partial charge is 0.121 e. The van der Waals surface area contributed by atoms with Crippen LogP contribution in [0.2, 0.25) is 0 Å². The van der Waals surface area contributed by atoms with E-state index in [2.05, 4.69) is 189 Å². The van der Waals surface area contributed by atoms with Gasteiger partial charge in [0.1, 0.15) is 0 Å². The summed E-state index contributed by atoms with van der Waals surface area (Å²) in [6, 6.07) is 68.1. The quantitative estimate of drug-likeness (QED) is 0.0648. The van der Waals surface area contributed by atoms with Gasteiger partial charge in [0.05, 0.1) is 0 Å². The predicted octanol–water partition coefficient (Wildman–Crippen LogP) is 9.89. The Kier molecular flexibility index (Phi) is 14.6. The predicted molar refractivity (Wildman–Crippen MR) is 231 cm³/mol. The van der Waals surface area contributed by atoms with Crippen LogP contribution < -0.4 is 31.8 Å². The van der Waals surface area contributed by atoms with Gasteiger partial charge in [-0.05, 0) is 92.6 Å². The Hall–Kier alpha value is -2.53. The minimum Gasteiger partial charge on any atom is -0.121 e.